The van der Waals surface area contributed by atoms with E-state index in [9.17, 15) is 9.90 Å². The van der Waals surface area contributed by atoms with Gasteiger partial charge < -0.3 is 14.6 Å². The number of carboxylic acids is 1. The second kappa shape index (κ2) is 7.81. The Bertz CT molecular complexity index is 1390. The van der Waals surface area contributed by atoms with E-state index < -0.39 is 17.7 Å². The van der Waals surface area contributed by atoms with Crippen LogP contribution in [-0.2, 0) is 11.2 Å². The van der Waals surface area contributed by atoms with Crippen LogP contribution in [0, 0.1) is 0 Å². The first kappa shape index (κ1) is 21.3. The average molecular weight is 443 g/mol. The number of hydrogen-bond acceptors (Lipinski definition) is 5. The molecule has 0 fully saturated rings. The summed E-state index contributed by atoms with van der Waals surface area (Å²) in [6, 6.07) is 13.6. The van der Waals surface area contributed by atoms with Crippen molar-refractivity contribution in [2.45, 2.75) is 45.8 Å². The van der Waals surface area contributed by atoms with Crippen LogP contribution in [0.3, 0.4) is 0 Å². The van der Waals surface area contributed by atoms with Crippen molar-refractivity contribution < 1.29 is 19.4 Å². The van der Waals surface area contributed by atoms with E-state index in [1.807, 2.05) is 76.4 Å². The molecule has 6 nitrogen and oxygen atoms in total. The zero-order valence-electron chi connectivity index (χ0n) is 19.2. The Hall–Kier alpha value is -3.51. The monoisotopic (exact) mass is 442 g/mol. The Morgan fingerprint density at radius 1 is 1.15 bits per heavy atom. The van der Waals surface area contributed by atoms with Gasteiger partial charge in [-0.05, 0) is 57.5 Å². The predicted molar refractivity (Wildman–Crippen MR) is 128 cm³/mol. The van der Waals surface area contributed by atoms with Crippen molar-refractivity contribution in [1.29, 1.82) is 0 Å². The third-order valence-corrected chi connectivity index (χ3v) is 5.91. The molecule has 0 spiro atoms. The molecule has 0 saturated heterocycles. The topological polar surface area (TPSA) is 81.5 Å². The second-order valence-corrected chi connectivity index (χ2v) is 9.35. The van der Waals surface area contributed by atoms with Crippen LogP contribution in [-0.4, -0.2) is 33.3 Å². The second-order valence-electron chi connectivity index (χ2n) is 9.35. The number of para-hydroxylation sites is 1. The molecule has 5 rings (SSSR count). The third-order valence-electron chi connectivity index (χ3n) is 5.91. The van der Waals surface area contributed by atoms with Gasteiger partial charge in [-0.25, -0.2) is 9.78 Å². The van der Waals surface area contributed by atoms with Crippen LogP contribution >= 0.6 is 0 Å². The van der Waals surface area contributed by atoms with E-state index >= 15 is 0 Å². The van der Waals surface area contributed by atoms with E-state index in [1.165, 1.54) is 5.56 Å². The molecular formula is C27H26N2O4. The summed E-state index contributed by atoms with van der Waals surface area (Å²) in [5.41, 5.74) is 4.31. The first-order valence-electron chi connectivity index (χ1n) is 11.1. The molecule has 2 aromatic carbocycles. The van der Waals surface area contributed by atoms with Gasteiger partial charge in [-0.15, -0.1) is 0 Å². The van der Waals surface area contributed by atoms with Gasteiger partial charge in [-0.1, -0.05) is 18.2 Å². The van der Waals surface area contributed by atoms with E-state index in [0.29, 0.717) is 17.7 Å². The van der Waals surface area contributed by atoms with Gasteiger partial charge in [0.1, 0.15) is 5.75 Å². The van der Waals surface area contributed by atoms with Gasteiger partial charge in [0.2, 0.25) is 0 Å². The smallest absolute Gasteiger partial charge is 0.354 e. The molecule has 0 amide bonds. The minimum Gasteiger partial charge on any atom is -0.493 e. The maximum Gasteiger partial charge on any atom is 0.354 e. The Morgan fingerprint density at radius 3 is 2.70 bits per heavy atom. The summed E-state index contributed by atoms with van der Waals surface area (Å²) in [5.74, 6) is -0.277. The Labute approximate surface area is 192 Å². The van der Waals surface area contributed by atoms with Gasteiger partial charge in [-0.2, -0.15) is 0 Å². The zero-order valence-corrected chi connectivity index (χ0v) is 19.2. The largest absolute Gasteiger partial charge is 0.493 e. The van der Waals surface area contributed by atoms with Crippen LogP contribution in [0.5, 0.6) is 5.75 Å². The lowest BCUT2D eigenvalue weighted by atomic mass is 9.88. The first-order chi connectivity index (χ1) is 15.7. The maximum atomic E-state index is 12.4. The van der Waals surface area contributed by atoms with Gasteiger partial charge in [0.15, 0.2) is 5.69 Å². The number of carboxylic acid groups (broad SMARTS) is 1. The van der Waals surface area contributed by atoms with Crippen molar-refractivity contribution in [2.24, 2.45) is 0 Å². The number of rotatable bonds is 4. The molecule has 2 aromatic heterocycles. The molecule has 3 heterocycles. The number of nitrogens with zero attached hydrogens (tertiary/aromatic N) is 2. The summed E-state index contributed by atoms with van der Waals surface area (Å²) in [5, 5.41) is 12.0. The van der Waals surface area contributed by atoms with E-state index in [2.05, 4.69) is 4.98 Å². The summed E-state index contributed by atoms with van der Waals surface area (Å²) >= 11 is 0. The molecule has 0 unspecified atom stereocenters. The molecule has 6 heteroatoms. The van der Waals surface area contributed by atoms with Crippen molar-refractivity contribution in [2.75, 3.05) is 6.61 Å². The van der Waals surface area contributed by atoms with Gasteiger partial charge in [0.25, 0.3) is 0 Å². The first-order valence-corrected chi connectivity index (χ1v) is 11.1. The molecule has 4 aromatic rings. The van der Waals surface area contributed by atoms with Gasteiger partial charge in [0, 0.05) is 40.1 Å². The molecule has 168 valence electrons. The van der Waals surface area contributed by atoms with Gasteiger partial charge >= 0.3 is 5.97 Å². The fourth-order valence-corrected chi connectivity index (χ4v) is 4.77. The number of fused-ring (bicyclic) bond motifs is 1. The van der Waals surface area contributed by atoms with E-state index in [1.54, 1.807) is 0 Å². The molecule has 1 atom stereocenters. The van der Waals surface area contributed by atoms with Gasteiger partial charge in [-0.3, -0.25) is 4.98 Å². The molecule has 0 bridgehead atoms. The predicted octanol–water partition coefficient (Wildman–Crippen LogP) is 5.96. The fraction of sp³-hybridized carbons (Fsp3) is 0.296. The van der Waals surface area contributed by atoms with Crippen molar-refractivity contribution in [3.8, 4) is 16.9 Å². The summed E-state index contributed by atoms with van der Waals surface area (Å²) in [6.45, 7) is 8.39. The minimum atomic E-state index is -1.08. The SMILES string of the molecule is C[C@@H](OC(C)(C)C)c1c(C(=O)O)nc2ccccc2c1-c1ccc2c3c(ccnc13)CCO2. The van der Waals surface area contributed by atoms with Crippen molar-refractivity contribution in [1.82, 2.24) is 9.97 Å². The van der Waals surface area contributed by atoms with E-state index in [4.69, 9.17) is 14.5 Å². The minimum absolute atomic E-state index is 0.00262. The molecule has 1 N–H and O–H groups in total. The highest BCUT2D eigenvalue weighted by atomic mass is 16.5. The highest BCUT2D eigenvalue weighted by molar-refractivity contribution is 6.09. The highest BCUT2D eigenvalue weighted by Crippen LogP contribution is 2.44. The molecule has 0 radical (unpaired) electrons. The molecule has 1 aliphatic rings. The van der Waals surface area contributed by atoms with Crippen LogP contribution in [0.15, 0.2) is 48.7 Å². The fourth-order valence-electron chi connectivity index (χ4n) is 4.77. The van der Waals surface area contributed by atoms with Crippen molar-refractivity contribution in [3.63, 3.8) is 0 Å². The van der Waals surface area contributed by atoms with Crippen molar-refractivity contribution in [3.05, 3.63) is 65.5 Å². The summed E-state index contributed by atoms with van der Waals surface area (Å²) in [7, 11) is 0. The molecule has 0 aliphatic carbocycles. The van der Waals surface area contributed by atoms with Crippen LogP contribution < -0.4 is 4.74 Å². The third kappa shape index (κ3) is 3.70. The lowest BCUT2D eigenvalue weighted by Crippen LogP contribution is -2.23. The number of aromatic nitrogens is 2. The normalized spacial score (nSPS) is 14.3. The Balaban J connectivity index is 1.92. The number of pyridine rings is 2. The van der Waals surface area contributed by atoms with E-state index in [-0.39, 0.29) is 5.69 Å². The van der Waals surface area contributed by atoms with Gasteiger partial charge in [0.05, 0.1) is 29.3 Å². The number of benzene rings is 2. The standard InChI is InChI=1S/C27H26N2O4/c1-15(33-27(2,3)4)21-23(17-7-5-6-8-19(17)29-25(21)26(30)31)18-9-10-20-22-16(12-14-32-20)11-13-28-24(18)22/h5-11,13,15H,12,14H2,1-4H3,(H,30,31)/t15-/m1/s1. The maximum absolute atomic E-state index is 12.4. The zero-order chi connectivity index (χ0) is 23.3. The molecule has 1 aliphatic heterocycles. The number of carbonyl (C=O) groups is 1. The lowest BCUT2D eigenvalue weighted by Gasteiger charge is -2.28. The average Bonchev–Trinajstić information content (AvgIpc) is 2.77. The number of ether oxygens (including phenoxy) is 2. The Morgan fingerprint density at radius 2 is 1.94 bits per heavy atom. The van der Waals surface area contributed by atoms with E-state index in [0.717, 1.165) is 39.6 Å². The number of aromatic carboxylic acids is 1. The Kier molecular flexibility index (Phi) is 5.05. The highest BCUT2D eigenvalue weighted by Gasteiger charge is 2.29. The van der Waals surface area contributed by atoms with Crippen molar-refractivity contribution >= 4 is 27.8 Å². The van der Waals surface area contributed by atoms with Crippen LogP contribution in [0.2, 0.25) is 0 Å². The summed E-state index contributed by atoms with van der Waals surface area (Å²) < 4.78 is 12.2. The molecule has 0 saturated carbocycles. The van der Waals surface area contributed by atoms with Crippen LogP contribution in [0.25, 0.3) is 32.9 Å². The summed E-state index contributed by atoms with van der Waals surface area (Å²) in [6.07, 6.45) is 2.11. The molecular weight excluding hydrogens is 416 g/mol. The molecule has 33 heavy (non-hydrogen) atoms. The lowest BCUT2D eigenvalue weighted by molar-refractivity contribution is -0.0532. The van der Waals surface area contributed by atoms with Crippen LogP contribution in [0.1, 0.15) is 55.4 Å². The quantitative estimate of drug-likeness (QED) is 0.420. The number of hydrogen-bond donors (Lipinski definition) is 1. The summed E-state index contributed by atoms with van der Waals surface area (Å²) in [4.78, 5) is 21.7. The van der Waals surface area contributed by atoms with Crippen LogP contribution in [0.4, 0.5) is 0 Å².